The molecule has 1 N–H and O–H groups in total. The Balaban J connectivity index is 1.53. The number of aromatic nitrogens is 3. The van der Waals surface area contributed by atoms with Gasteiger partial charge in [-0.25, -0.2) is 14.5 Å². The summed E-state index contributed by atoms with van der Waals surface area (Å²) in [5.41, 5.74) is 3.23. The van der Waals surface area contributed by atoms with Gasteiger partial charge in [0.25, 0.3) is 11.5 Å². The lowest BCUT2D eigenvalue weighted by atomic mass is 9.98. The van der Waals surface area contributed by atoms with Crippen molar-refractivity contribution in [3.63, 3.8) is 0 Å². The van der Waals surface area contributed by atoms with Crippen molar-refractivity contribution in [3.8, 4) is 16.3 Å². The van der Waals surface area contributed by atoms with Crippen molar-refractivity contribution < 1.29 is 4.79 Å². The number of thiazole rings is 1. The Morgan fingerprint density at radius 3 is 2.50 bits per heavy atom. The maximum atomic E-state index is 13.9. The molecule has 1 aliphatic rings. The molecule has 10 heteroatoms. The number of anilines is 1. The zero-order chi connectivity index (χ0) is 27.1. The fourth-order valence-electron chi connectivity index (χ4n) is 4.56. The van der Waals surface area contributed by atoms with Gasteiger partial charge in [-0.2, -0.15) is 0 Å². The Morgan fingerprint density at radius 1 is 1.13 bits per heavy atom. The topological polar surface area (TPSA) is 80.1 Å². The zero-order valence-corrected chi connectivity index (χ0v) is 23.8. The van der Waals surface area contributed by atoms with Crippen molar-refractivity contribution in [3.05, 3.63) is 90.8 Å². The predicted molar refractivity (Wildman–Crippen MR) is 154 cm³/mol. The average Bonchev–Trinajstić information content (AvgIpc) is 3.32. The van der Waals surface area contributed by atoms with Crippen molar-refractivity contribution in [2.24, 2.45) is 0 Å². The van der Waals surface area contributed by atoms with Gasteiger partial charge in [0.05, 0.1) is 28.0 Å². The summed E-state index contributed by atoms with van der Waals surface area (Å²) < 4.78 is 1.62. The maximum absolute atomic E-state index is 13.9. The van der Waals surface area contributed by atoms with E-state index in [2.05, 4.69) is 10.3 Å². The van der Waals surface area contributed by atoms with Crippen LogP contribution in [0, 0.1) is 6.92 Å². The van der Waals surface area contributed by atoms with Crippen LogP contribution >= 0.6 is 34.5 Å². The molecule has 0 radical (unpaired) electrons. The summed E-state index contributed by atoms with van der Waals surface area (Å²) in [5.74, 6) is 0.261. The number of hydrogen-bond acceptors (Lipinski definition) is 6. The van der Waals surface area contributed by atoms with E-state index in [9.17, 15) is 9.59 Å². The van der Waals surface area contributed by atoms with E-state index in [0.717, 1.165) is 15.4 Å². The minimum atomic E-state index is -0.202. The highest BCUT2D eigenvalue weighted by Gasteiger charge is 2.32. The zero-order valence-electron chi connectivity index (χ0n) is 21.5. The van der Waals surface area contributed by atoms with Crippen LogP contribution < -0.4 is 10.9 Å². The maximum Gasteiger partial charge on any atom is 0.263 e. The minimum absolute atomic E-state index is 0.0419. The van der Waals surface area contributed by atoms with Crippen LogP contribution in [0.1, 0.15) is 47.3 Å². The van der Waals surface area contributed by atoms with Gasteiger partial charge in [0.15, 0.2) is 0 Å². The van der Waals surface area contributed by atoms with Crippen LogP contribution in [0.3, 0.4) is 0 Å². The van der Waals surface area contributed by atoms with Crippen LogP contribution in [0.5, 0.6) is 0 Å². The molecule has 38 heavy (non-hydrogen) atoms. The van der Waals surface area contributed by atoms with Gasteiger partial charge in [-0.15, -0.1) is 11.3 Å². The summed E-state index contributed by atoms with van der Waals surface area (Å²) in [4.78, 5) is 39.4. The van der Waals surface area contributed by atoms with Crippen molar-refractivity contribution in [2.45, 2.75) is 52.7 Å². The molecule has 196 valence electrons. The lowest BCUT2D eigenvalue weighted by Gasteiger charge is -2.34. The summed E-state index contributed by atoms with van der Waals surface area (Å²) >= 11 is 13.8. The first-order chi connectivity index (χ1) is 18.1. The van der Waals surface area contributed by atoms with Gasteiger partial charge < -0.3 is 10.2 Å². The van der Waals surface area contributed by atoms with Gasteiger partial charge in [-0.1, -0.05) is 23.2 Å². The van der Waals surface area contributed by atoms with E-state index in [1.807, 2.05) is 58.2 Å². The molecule has 7 nitrogen and oxygen atoms in total. The largest absolute Gasteiger partial charge is 0.353 e. The number of halogens is 2. The number of carbonyl (C=O) groups is 1. The first-order valence-corrected chi connectivity index (χ1v) is 13.9. The molecular formula is C28H27Cl2N5O2S. The van der Waals surface area contributed by atoms with Crippen LogP contribution in [0.15, 0.2) is 53.5 Å². The molecule has 0 fully saturated rings. The molecule has 1 atom stereocenters. The normalized spacial score (nSPS) is 15.0. The average molecular weight is 569 g/mol. The number of nitrogens with one attached hydrogen (secondary N) is 1. The Labute approximate surface area is 235 Å². The number of nitrogens with zero attached hydrogens (tertiary/aromatic N) is 4. The van der Waals surface area contributed by atoms with Crippen LogP contribution in [0.2, 0.25) is 10.0 Å². The quantitative estimate of drug-likeness (QED) is 0.302. The highest BCUT2D eigenvalue weighted by Crippen LogP contribution is 2.29. The molecule has 0 saturated carbocycles. The third kappa shape index (κ3) is 5.08. The molecule has 0 saturated heterocycles. The van der Waals surface area contributed by atoms with Crippen molar-refractivity contribution >= 4 is 46.4 Å². The fraction of sp³-hybridized carbons (Fsp3) is 0.286. The van der Waals surface area contributed by atoms with E-state index >= 15 is 0 Å². The van der Waals surface area contributed by atoms with E-state index in [1.54, 1.807) is 39.0 Å². The fourth-order valence-corrected chi connectivity index (χ4v) is 5.63. The van der Waals surface area contributed by atoms with Crippen LogP contribution in [0.4, 0.5) is 5.95 Å². The number of fused-ring (bicyclic) bond motifs is 1. The third-order valence-corrected chi connectivity index (χ3v) is 8.15. The highest BCUT2D eigenvalue weighted by atomic mass is 35.5. The van der Waals surface area contributed by atoms with Gasteiger partial charge in [0, 0.05) is 39.8 Å². The summed E-state index contributed by atoms with van der Waals surface area (Å²) in [5, 5.41) is 4.97. The Kier molecular flexibility index (Phi) is 7.31. The first-order valence-electron chi connectivity index (χ1n) is 12.3. The summed E-state index contributed by atoms with van der Waals surface area (Å²) in [7, 11) is 0. The smallest absolute Gasteiger partial charge is 0.263 e. The minimum Gasteiger partial charge on any atom is -0.353 e. The Morgan fingerprint density at radius 2 is 1.87 bits per heavy atom. The van der Waals surface area contributed by atoms with Gasteiger partial charge in [0.2, 0.25) is 5.95 Å². The van der Waals surface area contributed by atoms with Gasteiger partial charge >= 0.3 is 0 Å². The lowest BCUT2D eigenvalue weighted by molar-refractivity contribution is 0.0653. The molecule has 1 amide bonds. The number of aryl methyl sites for hydroxylation is 1. The lowest BCUT2D eigenvalue weighted by Crippen LogP contribution is -2.46. The second-order valence-electron chi connectivity index (χ2n) is 9.74. The number of carbonyl (C=O) groups excluding carboxylic acids is 1. The van der Waals surface area contributed by atoms with E-state index in [0.29, 0.717) is 44.9 Å². The van der Waals surface area contributed by atoms with Crippen LogP contribution in [-0.4, -0.2) is 37.4 Å². The molecule has 4 aromatic rings. The number of hydrogen-bond donors (Lipinski definition) is 1. The van der Waals surface area contributed by atoms with Gasteiger partial charge in [0.1, 0.15) is 5.01 Å². The van der Waals surface area contributed by atoms with Crippen molar-refractivity contribution in [1.29, 1.82) is 0 Å². The molecular weight excluding hydrogens is 541 g/mol. The van der Waals surface area contributed by atoms with Crippen molar-refractivity contribution in [1.82, 2.24) is 19.4 Å². The molecule has 0 unspecified atom stereocenters. The molecule has 0 bridgehead atoms. The van der Waals surface area contributed by atoms with E-state index in [1.165, 1.54) is 0 Å². The van der Waals surface area contributed by atoms with Gasteiger partial charge in [-0.05, 0) is 76.6 Å². The Bertz CT molecular complexity index is 1580. The molecule has 5 rings (SSSR count). The molecule has 0 aliphatic carbocycles. The van der Waals surface area contributed by atoms with Gasteiger partial charge in [-0.3, -0.25) is 9.59 Å². The second-order valence-corrected chi connectivity index (χ2v) is 11.8. The summed E-state index contributed by atoms with van der Waals surface area (Å²) in [6, 6.07) is 12.5. The molecule has 0 spiro atoms. The van der Waals surface area contributed by atoms with E-state index in [-0.39, 0.29) is 30.1 Å². The van der Waals surface area contributed by atoms with Crippen LogP contribution in [-0.2, 0) is 13.0 Å². The third-order valence-electron chi connectivity index (χ3n) is 6.45. The molecule has 2 aromatic carbocycles. The van der Waals surface area contributed by atoms with Crippen molar-refractivity contribution in [2.75, 3.05) is 5.32 Å². The van der Waals surface area contributed by atoms with E-state index < -0.39 is 0 Å². The SMILES string of the molecule is Cc1cnc(-c2ccc(-n3c(NC(C)C)nc4c(c3=O)C[C@@H](C)N(C(=O)c3ccc(Cl)c(Cl)c3)C4)cc2)s1. The summed E-state index contributed by atoms with van der Waals surface area (Å²) in [6.07, 6.45) is 2.25. The number of amides is 1. The van der Waals surface area contributed by atoms with Crippen LogP contribution in [0.25, 0.3) is 16.3 Å². The summed E-state index contributed by atoms with van der Waals surface area (Å²) in [6.45, 7) is 8.17. The predicted octanol–water partition coefficient (Wildman–Crippen LogP) is 6.38. The molecule has 3 heterocycles. The first kappa shape index (κ1) is 26.4. The highest BCUT2D eigenvalue weighted by molar-refractivity contribution is 7.14. The standard InChI is InChI=1S/C28H27Cl2N5O2S/c1-15(2)32-28-33-24-14-34(26(36)19-7-10-22(29)23(30)12-19)16(3)11-21(24)27(37)35(28)20-8-5-18(6-9-20)25-31-13-17(4)38-25/h5-10,12-13,15-16H,11,14H2,1-4H3,(H,32,33)/t16-/m1/s1. The number of benzene rings is 2. The van der Waals surface area contributed by atoms with E-state index in [4.69, 9.17) is 28.2 Å². The monoisotopic (exact) mass is 567 g/mol. The molecule has 2 aromatic heterocycles. The molecule has 1 aliphatic heterocycles. The second kappa shape index (κ2) is 10.5. The number of rotatable bonds is 5. The Hall–Kier alpha value is -3.20.